The van der Waals surface area contributed by atoms with E-state index in [-0.39, 0.29) is 23.2 Å². The summed E-state index contributed by atoms with van der Waals surface area (Å²) in [6, 6.07) is 0. The second-order valence-corrected chi connectivity index (χ2v) is 7.33. The molecule has 0 spiro atoms. The Labute approximate surface area is 132 Å². The number of carbonyl (C=O) groups is 1. The minimum Gasteiger partial charge on any atom is -0.469 e. The van der Waals surface area contributed by atoms with Gasteiger partial charge in [0.15, 0.2) is 5.78 Å². The van der Waals surface area contributed by atoms with Crippen molar-refractivity contribution in [2.75, 3.05) is 0 Å². The van der Waals surface area contributed by atoms with Crippen LogP contribution >= 0.6 is 0 Å². The number of hydrogen-bond acceptors (Lipinski definition) is 3. The molecule has 1 saturated carbocycles. The van der Waals surface area contributed by atoms with E-state index < -0.39 is 0 Å². The van der Waals surface area contributed by atoms with Crippen LogP contribution in [-0.2, 0) is 17.6 Å². The number of furan rings is 1. The minimum atomic E-state index is -0.371. The van der Waals surface area contributed by atoms with Crippen LogP contribution < -0.4 is 0 Å². The molecule has 3 nitrogen and oxygen atoms in total. The number of allylic oxidation sites excluding steroid dienone is 2. The first kappa shape index (κ1) is 15.5. The Morgan fingerprint density at radius 3 is 3.00 bits per heavy atom. The van der Waals surface area contributed by atoms with Gasteiger partial charge in [0.25, 0.3) is 0 Å². The highest BCUT2D eigenvalue weighted by Crippen LogP contribution is 2.53. The molecule has 2 aliphatic carbocycles. The van der Waals surface area contributed by atoms with Crippen molar-refractivity contribution in [3.05, 3.63) is 35.3 Å². The molecule has 3 rings (SSSR count). The zero-order valence-electron chi connectivity index (χ0n) is 13.8. The van der Waals surface area contributed by atoms with Crippen LogP contribution in [0.4, 0.5) is 0 Å². The molecule has 1 N–H and O–H groups in total. The first-order chi connectivity index (χ1) is 10.5. The fourth-order valence-electron chi connectivity index (χ4n) is 4.63. The van der Waals surface area contributed by atoms with Gasteiger partial charge < -0.3 is 9.52 Å². The van der Waals surface area contributed by atoms with Crippen LogP contribution in [0.2, 0.25) is 0 Å². The van der Waals surface area contributed by atoms with Crippen molar-refractivity contribution in [2.24, 2.45) is 17.3 Å². The lowest BCUT2D eigenvalue weighted by molar-refractivity contribution is -0.122. The number of ketones is 1. The number of hydrogen-bond donors (Lipinski definition) is 1. The van der Waals surface area contributed by atoms with Gasteiger partial charge in [0.05, 0.1) is 12.4 Å². The molecule has 0 bridgehead atoms. The number of rotatable bonds is 3. The van der Waals surface area contributed by atoms with Crippen LogP contribution in [0.25, 0.3) is 0 Å². The molecule has 4 atom stereocenters. The Morgan fingerprint density at radius 2 is 2.27 bits per heavy atom. The van der Waals surface area contributed by atoms with Crippen molar-refractivity contribution in [1.29, 1.82) is 0 Å². The van der Waals surface area contributed by atoms with E-state index in [0.29, 0.717) is 12.3 Å². The number of aliphatic hydroxyl groups excluding tert-OH is 1. The normalized spacial score (nSPS) is 34.5. The van der Waals surface area contributed by atoms with Gasteiger partial charge in [-0.25, -0.2) is 0 Å². The van der Waals surface area contributed by atoms with E-state index in [1.54, 1.807) is 12.2 Å². The monoisotopic (exact) mass is 302 g/mol. The average Bonchev–Trinajstić information content (AvgIpc) is 2.81. The van der Waals surface area contributed by atoms with E-state index in [0.717, 1.165) is 31.4 Å². The van der Waals surface area contributed by atoms with Crippen molar-refractivity contribution in [3.63, 3.8) is 0 Å². The van der Waals surface area contributed by atoms with Gasteiger partial charge in [0.1, 0.15) is 5.76 Å². The summed E-state index contributed by atoms with van der Waals surface area (Å²) in [5.74, 6) is 1.78. The van der Waals surface area contributed by atoms with Gasteiger partial charge in [0.2, 0.25) is 0 Å². The van der Waals surface area contributed by atoms with Crippen LogP contribution in [0.3, 0.4) is 0 Å². The molecule has 120 valence electrons. The van der Waals surface area contributed by atoms with Gasteiger partial charge in [-0.3, -0.25) is 4.79 Å². The SMILES string of the molecule is CC=CC(=O)CC1C(O)CCC2Cc3occ(C)c3CC21C. The predicted molar refractivity (Wildman–Crippen MR) is 85.6 cm³/mol. The van der Waals surface area contributed by atoms with E-state index in [9.17, 15) is 9.90 Å². The van der Waals surface area contributed by atoms with E-state index >= 15 is 0 Å². The molecule has 2 aliphatic rings. The smallest absolute Gasteiger partial charge is 0.155 e. The quantitative estimate of drug-likeness (QED) is 0.868. The fourth-order valence-corrected chi connectivity index (χ4v) is 4.63. The molecular formula is C19H26O3. The lowest BCUT2D eigenvalue weighted by Crippen LogP contribution is -2.50. The third-order valence-corrected chi connectivity index (χ3v) is 6.01. The minimum absolute atomic E-state index is 0.0173. The first-order valence-electron chi connectivity index (χ1n) is 8.35. The molecule has 0 aromatic carbocycles. The Kier molecular flexibility index (Phi) is 4.02. The van der Waals surface area contributed by atoms with E-state index in [4.69, 9.17) is 4.42 Å². The summed E-state index contributed by atoms with van der Waals surface area (Å²) >= 11 is 0. The number of aryl methyl sites for hydroxylation is 1. The van der Waals surface area contributed by atoms with Crippen molar-refractivity contribution in [1.82, 2.24) is 0 Å². The highest BCUT2D eigenvalue weighted by Gasteiger charge is 2.51. The maximum atomic E-state index is 12.1. The van der Waals surface area contributed by atoms with Gasteiger partial charge in [-0.15, -0.1) is 0 Å². The molecule has 4 unspecified atom stereocenters. The first-order valence-corrected chi connectivity index (χ1v) is 8.35. The maximum absolute atomic E-state index is 12.1. The summed E-state index contributed by atoms with van der Waals surface area (Å²) in [6.45, 7) is 6.22. The topological polar surface area (TPSA) is 50.4 Å². The Morgan fingerprint density at radius 1 is 1.50 bits per heavy atom. The van der Waals surface area contributed by atoms with E-state index in [2.05, 4.69) is 13.8 Å². The van der Waals surface area contributed by atoms with Crippen molar-refractivity contribution >= 4 is 5.78 Å². The van der Waals surface area contributed by atoms with Gasteiger partial charge >= 0.3 is 0 Å². The van der Waals surface area contributed by atoms with Crippen LogP contribution in [0, 0.1) is 24.2 Å². The highest BCUT2D eigenvalue weighted by atomic mass is 16.3. The molecule has 0 saturated heterocycles. The summed E-state index contributed by atoms with van der Waals surface area (Å²) in [5, 5.41) is 10.6. The number of aliphatic hydroxyl groups is 1. The fraction of sp³-hybridized carbons (Fsp3) is 0.632. The summed E-state index contributed by atoms with van der Waals surface area (Å²) in [5.41, 5.74) is 2.49. The lowest BCUT2D eigenvalue weighted by Gasteiger charge is -2.52. The second kappa shape index (κ2) is 5.69. The van der Waals surface area contributed by atoms with Crippen molar-refractivity contribution in [3.8, 4) is 0 Å². The predicted octanol–water partition coefficient (Wildman–Crippen LogP) is 3.62. The molecule has 3 heteroatoms. The van der Waals surface area contributed by atoms with Crippen molar-refractivity contribution < 1.29 is 14.3 Å². The van der Waals surface area contributed by atoms with Gasteiger partial charge in [-0.1, -0.05) is 13.0 Å². The third-order valence-electron chi connectivity index (χ3n) is 6.01. The number of carbonyl (C=O) groups excluding carboxylic acids is 1. The molecule has 1 aromatic rings. The molecule has 1 aromatic heterocycles. The van der Waals surface area contributed by atoms with Crippen LogP contribution in [0.5, 0.6) is 0 Å². The molecule has 0 radical (unpaired) electrons. The zero-order chi connectivity index (χ0) is 15.9. The van der Waals surface area contributed by atoms with Crippen molar-refractivity contribution in [2.45, 2.75) is 59.0 Å². The van der Waals surface area contributed by atoms with E-state index in [1.807, 2.05) is 13.2 Å². The summed E-state index contributed by atoms with van der Waals surface area (Å²) < 4.78 is 5.72. The van der Waals surface area contributed by atoms with Gasteiger partial charge in [0, 0.05) is 12.8 Å². The molecule has 22 heavy (non-hydrogen) atoms. The van der Waals surface area contributed by atoms with E-state index in [1.165, 1.54) is 11.1 Å². The average molecular weight is 302 g/mol. The van der Waals surface area contributed by atoms with Gasteiger partial charge in [-0.2, -0.15) is 0 Å². The Hall–Kier alpha value is -1.35. The Balaban J connectivity index is 1.92. The lowest BCUT2D eigenvalue weighted by atomic mass is 9.53. The molecule has 1 fully saturated rings. The van der Waals surface area contributed by atoms with Gasteiger partial charge in [-0.05, 0) is 67.6 Å². The highest BCUT2D eigenvalue weighted by molar-refractivity contribution is 5.89. The Bertz CT molecular complexity index is 598. The molecule has 0 amide bonds. The summed E-state index contributed by atoms with van der Waals surface area (Å²) in [7, 11) is 0. The van der Waals surface area contributed by atoms with Crippen LogP contribution in [0.1, 0.15) is 50.0 Å². The maximum Gasteiger partial charge on any atom is 0.155 e. The largest absolute Gasteiger partial charge is 0.469 e. The molecular weight excluding hydrogens is 276 g/mol. The zero-order valence-corrected chi connectivity index (χ0v) is 13.8. The third kappa shape index (κ3) is 2.45. The molecule has 1 heterocycles. The summed E-state index contributed by atoms with van der Waals surface area (Å²) in [4.78, 5) is 12.1. The standard InChI is InChI=1S/C19H26O3/c1-4-5-14(20)9-16-17(21)7-6-13-8-18-15(10-19(13,16)3)12(2)11-22-18/h4-5,11,13,16-17,21H,6-10H2,1-3H3. The van der Waals surface area contributed by atoms with Crippen LogP contribution in [-0.4, -0.2) is 17.0 Å². The second-order valence-electron chi connectivity index (χ2n) is 7.33. The number of fused-ring (bicyclic) bond motifs is 2. The van der Waals surface area contributed by atoms with Crippen LogP contribution in [0.15, 0.2) is 22.8 Å². The molecule has 0 aliphatic heterocycles. The summed E-state index contributed by atoms with van der Waals surface area (Å²) in [6.07, 6.45) is 9.03.